The maximum absolute atomic E-state index is 13.0. The van der Waals surface area contributed by atoms with Crippen molar-refractivity contribution >= 4 is 23.0 Å². The molecule has 6 nitrogen and oxygen atoms in total. The molecular weight excluding hydrogens is 309 g/mol. The standard InChI is InChI=1S/C17H18FN5O/c1-11(20-8-7-14-9-19-10-21-14)16-12(2)22-23(17(16)24)15-5-3-13(18)4-6-15/h3-6,9-10,16H,7-8H2,1-2H3,(H,19,21)/t16-/m0/s1. The number of anilines is 1. The minimum atomic E-state index is -0.461. The first-order chi connectivity index (χ1) is 11.6. The molecule has 2 aromatic rings. The zero-order valence-electron chi connectivity index (χ0n) is 13.5. The van der Waals surface area contributed by atoms with E-state index in [-0.39, 0.29) is 11.7 Å². The van der Waals surface area contributed by atoms with Crippen molar-refractivity contribution in [2.45, 2.75) is 20.3 Å². The minimum absolute atomic E-state index is 0.165. The minimum Gasteiger partial charge on any atom is -0.348 e. The Labute approximate surface area is 139 Å². The molecule has 1 atom stereocenters. The summed E-state index contributed by atoms with van der Waals surface area (Å²) in [7, 11) is 0. The number of nitrogens with zero attached hydrogens (tertiary/aromatic N) is 4. The molecule has 124 valence electrons. The molecule has 0 saturated carbocycles. The van der Waals surface area contributed by atoms with Gasteiger partial charge in [0.2, 0.25) is 0 Å². The van der Waals surface area contributed by atoms with E-state index >= 15 is 0 Å². The first-order valence-electron chi connectivity index (χ1n) is 7.69. The van der Waals surface area contributed by atoms with Gasteiger partial charge in [0.15, 0.2) is 0 Å². The van der Waals surface area contributed by atoms with Gasteiger partial charge in [0.25, 0.3) is 5.91 Å². The lowest BCUT2D eigenvalue weighted by Crippen LogP contribution is -2.31. The van der Waals surface area contributed by atoms with Gasteiger partial charge in [-0.3, -0.25) is 9.79 Å². The fraction of sp³-hybridized carbons (Fsp3) is 0.294. The largest absolute Gasteiger partial charge is 0.348 e. The predicted molar refractivity (Wildman–Crippen MR) is 90.8 cm³/mol. The van der Waals surface area contributed by atoms with Crippen LogP contribution in [0.1, 0.15) is 19.5 Å². The number of hydrogen-bond acceptors (Lipinski definition) is 4. The lowest BCUT2D eigenvalue weighted by atomic mass is 9.99. The Morgan fingerprint density at radius 3 is 2.79 bits per heavy atom. The smallest absolute Gasteiger partial charge is 0.261 e. The zero-order valence-corrected chi connectivity index (χ0v) is 13.5. The molecule has 1 aliphatic rings. The Hall–Kier alpha value is -2.83. The van der Waals surface area contributed by atoms with Crippen molar-refractivity contribution in [2.75, 3.05) is 11.6 Å². The summed E-state index contributed by atoms with van der Waals surface area (Å²) in [6, 6.07) is 5.70. The number of carbonyl (C=O) groups excluding carboxylic acids is 1. The summed E-state index contributed by atoms with van der Waals surface area (Å²) in [6.45, 7) is 4.21. The third-order valence-corrected chi connectivity index (χ3v) is 3.92. The Kier molecular flexibility index (Phi) is 4.50. The van der Waals surface area contributed by atoms with Crippen molar-refractivity contribution in [3.8, 4) is 0 Å². The van der Waals surface area contributed by atoms with E-state index in [4.69, 9.17) is 0 Å². The lowest BCUT2D eigenvalue weighted by molar-refractivity contribution is -0.118. The number of nitrogens with one attached hydrogen (secondary N) is 1. The van der Waals surface area contributed by atoms with Gasteiger partial charge in [-0.1, -0.05) is 0 Å². The van der Waals surface area contributed by atoms with Crippen LogP contribution in [-0.4, -0.2) is 33.8 Å². The topological polar surface area (TPSA) is 73.7 Å². The Morgan fingerprint density at radius 1 is 1.38 bits per heavy atom. The molecule has 7 heteroatoms. The van der Waals surface area contributed by atoms with Crippen molar-refractivity contribution in [1.82, 2.24) is 9.97 Å². The molecule has 0 bridgehead atoms. The highest BCUT2D eigenvalue weighted by Crippen LogP contribution is 2.25. The fourth-order valence-electron chi connectivity index (χ4n) is 2.68. The van der Waals surface area contributed by atoms with Crippen molar-refractivity contribution in [2.24, 2.45) is 16.0 Å². The highest BCUT2D eigenvalue weighted by molar-refractivity contribution is 6.27. The van der Waals surface area contributed by atoms with Crippen LogP contribution in [0.2, 0.25) is 0 Å². The van der Waals surface area contributed by atoms with Crippen molar-refractivity contribution in [3.05, 3.63) is 48.3 Å². The maximum atomic E-state index is 13.0. The zero-order chi connectivity index (χ0) is 17.1. The highest BCUT2D eigenvalue weighted by atomic mass is 19.1. The molecule has 1 amide bonds. The van der Waals surface area contributed by atoms with E-state index in [1.807, 2.05) is 6.92 Å². The average Bonchev–Trinajstić information content (AvgIpc) is 3.16. The summed E-state index contributed by atoms with van der Waals surface area (Å²) in [5.74, 6) is -0.974. The Bertz CT molecular complexity index is 780. The van der Waals surface area contributed by atoms with E-state index in [2.05, 4.69) is 20.1 Å². The molecule has 0 aliphatic carbocycles. The van der Waals surface area contributed by atoms with E-state index < -0.39 is 5.92 Å². The van der Waals surface area contributed by atoms with Gasteiger partial charge in [0.05, 0.1) is 17.7 Å². The van der Waals surface area contributed by atoms with Crippen LogP contribution in [-0.2, 0) is 11.2 Å². The molecular formula is C17H18FN5O. The molecule has 0 spiro atoms. The number of aromatic amines is 1. The number of benzene rings is 1. The maximum Gasteiger partial charge on any atom is 0.261 e. The molecule has 3 rings (SSSR count). The molecule has 2 heterocycles. The van der Waals surface area contributed by atoms with Crippen molar-refractivity contribution in [1.29, 1.82) is 0 Å². The molecule has 1 aromatic carbocycles. The average molecular weight is 327 g/mol. The van der Waals surface area contributed by atoms with Gasteiger partial charge in [0, 0.05) is 30.6 Å². The van der Waals surface area contributed by atoms with Crippen LogP contribution in [0.5, 0.6) is 0 Å². The first kappa shape index (κ1) is 16.0. The summed E-state index contributed by atoms with van der Waals surface area (Å²) >= 11 is 0. The molecule has 1 aromatic heterocycles. The van der Waals surface area contributed by atoms with Gasteiger partial charge in [-0.2, -0.15) is 10.1 Å². The van der Waals surface area contributed by atoms with Crippen molar-refractivity contribution < 1.29 is 9.18 Å². The number of aromatic nitrogens is 2. The van der Waals surface area contributed by atoms with Gasteiger partial charge in [-0.15, -0.1) is 0 Å². The number of imidazole rings is 1. The number of halogens is 1. The number of carbonyl (C=O) groups is 1. The summed E-state index contributed by atoms with van der Waals surface area (Å²) in [5, 5.41) is 5.62. The summed E-state index contributed by atoms with van der Waals surface area (Å²) in [4.78, 5) is 24.1. The normalized spacial score (nSPS) is 18.2. The lowest BCUT2D eigenvalue weighted by Gasteiger charge is -2.14. The summed E-state index contributed by atoms with van der Waals surface area (Å²) < 4.78 is 13.0. The van der Waals surface area contributed by atoms with Crippen LogP contribution >= 0.6 is 0 Å². The molecule has 24 heavy (non-hydrogen) atoms. The van der Waals surface area contributed by atoms with E-state index in [9.17, 15) is 9.18 Å². The van der Waals surface area contributed by atoms with Crippen LogP contribution in [0.4, 0.5) is 10.1 Å². The number of aliphatic imine (C=N–C) groups is 1. The molecule has 0 saturated heterocycles. The number of hydrazone groups is 1. The highest BCUT2D eigenvalue weighted by Gasteiger charge is 2.36. The van der Waals surface area contributed by atoms with Gasteiger partial charge in [-0.25, -0.2) is 9.37 Å². The van der Waals surface area contributed by atoms with Crippen LogP contribution in [0, 0.1) is 11.7 Å². The predicted octanol–water partition coefficient (Wildman–Crippen LogP) is 2.59. The quantitative estimate of drug-likeness (QED) is 0.857. The van der Waals surface area contributed by atoms with Gasteiger partial charge in [0.1, 0.15) is 11.7 Å². The SMILES string of the molecule is CC(=NCCc1cnc[nH]1)[C@@H]1C(=O)N(c2ccc(F)cc2)N=C1C. The summed E-state index contributed by atoms with van der Waals surface area (Å²) in [6.07, 6.45) is 4.12. The fourth-order valence-corrected chi connectivity index (χ4v) is 2.68. The molecule has 0 radical (unpaired) electrons. The van der Waals surface area contributed by atoms with Crippen LogP contribution in [0.3, 0.4) is 0 Å². The Balaban J connectivity index is 1.71. The van der Waals surface area contributed by atoms with Gasteiger partial charge >= 0.3 is 0 Å². The third kappa shape index (κ3) is 3.24. The molecule has 1 aliphatic heterocycles. The monoisotopic (exact) mass is 327 g/mol. The third-order valence-electron chi connectivity index (χ3n) is 3.92. The van der Waals surface area contributed by atoms with Crippen LogP contribution in [0.15, 0.2) is 46.9 Å². The molecule has 1 N–H and O–H groups in total. The second-order valence-electron chi connectivity index (χ2n) is 5.65. The second kappa shape index (κ2) is 6.74. The van der Waals surface area contributed by atoms with Crippen molar-refractivity contribution in [3.63, 3.8) is 0 Å². The van der Waals surface area contributed by atoms with E-state index in [0.717, 1.165) is 17.8 Å². The molecule has 0 unspecified atom stereocenters. The number of hydrogen-bond donors (Lipinski definition) is 1. The van der Waals surface area contributed by atoms with E-state index in [1.54, 1.807) is 19.4 Å². The summed E-state index contributed by atoms with van der Waals surface area (Å²) in [5.41, 5.74) is 2.97. The Morgan fingerprint density at radius 2 is 2.12 bits per heavy atom. The van der Waals surface area contributed by atoms with Crippen LogP contribution in [0.25, 0.3) is 0 Å². The first-order valence-corrected chi connectivity index (χ1v) is 7.69. The number of rotatable bonds is 5. The van der Waals surface area contributed by atoms with Crippen LogP contribution < -0.4 is 5.01 Å². The van der Waals surface area contributed by atoms with Gasteiger partial charge < -0.3 is 4.98 Å². The number of H-pyrrole nitrogens is 1. The second-order valence-corrected chi connectivity index (χ2v) is 5.65. The number of amides is 1. The van der Waals surface area contributed by atoms with E-state index in [1.165, 1.54) is 29.3 Å². The molecule has 0 fully saturated rings. The van der Waals surface area contributed by atoms with E-state index in [0.29, 0.717) is 17.9 Å². The van der Waals surface area contributed by atoms with Gasteiger partial charge in [-0.05, 0) is 38.1 Å².